The first-order valence-corrected chi connectivity index (χ1v) is 11.6. The number of hydrogen-bond acceptors (Lipinski definition) is 5. The zero-order chi connectivity index (χ0) is 22.8. The van der Waals surface area contributed by atoms with Gasteiger partial charge in [-0.15, -0.1) is 0 Å². The van der Waals surface area contributed by atoms with Gasteiger partial charge in [-0.25, -0.2) is 9.97 Å². The maximum absolute atomic E-state index is 12.8. The van der Waals surface area contributed by atoms with Crippen LogP contribution in [0.5, 0.6) is 0 Å². The number of nitrogens with zero attached hydrogens (tertiary/aromatic N) is 3. The first-order chi connectivity index (χ1) is 16.1. The molecule has 0 unspecified atom stereocenters. The van der Waals surface area contributed by atoms with Crippen LogP contribution >= 0.6 is 0 Å². The van der Waals surface area contributed by atoms with E-state index in [1.165, 1.54) is 0 Å². The minimum absolute atomic E-state index is 0.0935. The van der Waals surface area contributed by atoms with Crippen LogP contribution in [0.25, 0.3) is 21.8 Å². The van der Waals surface area contributed by atoms with E-state index in [1.807, 2.05) is 42.5 Å². The summed E-state index contributed by atoms with van der Waals surface area (Å²) >= 11 is 0. The van der Waals surface area contributed by atoms with Gasteiger partial charge in [-0.3, -0.25) is 4.79 Å². The number of anilines is 2. The Morgan fingerprint density at radius 2 is 1.55 bits per heavy atom. The Labute approximate surface area is 194 Å². The molecule has 2 aromatic heterocycles. The topological polar surface area (TPSA) is 70.2 Å². The summed E-state index contributed by atoms with van der Waals surface area (Å²) in [5.41, 5.74) is 3.48. The molecule has 33 heavy (non-hydrogen) atoms. The first-order valence-electron chi connectivity index (χ1n) is 11.6. The molecule has 0 spiro atoms. The molecule has 5 rings (SSSR count). The third kappa shape index (κ3) is 4.60. The van der Waals surface area contributed by atoms with Crippen molar-refractivity contribution in [2.24, 2.45) is 0 Å². The summed E-state index contributed by atoms with van der Waals surface area (Å²) in [6.07, 6.45) is 3.85. The van der Waals surface area contributed by atoms with Gasteiger partial charge in [0.05, 0.1) is 11.0 Å². The number of nitrogens with one attached hydrogen (secondary N) is 2. The Kier molecular flexibility index (Phi) is 5.82. The molecular formula is C27H29N5O. The summed E-state index contributed by atoms with van der Waals surface area (Å²) in [4.78, 5) is 24.2. The maximum Gasteiger partial charge on any atom is 0.270 e. The summed E-state index contributed by atoms with van der Waals surface area (Å²) in [7, 11) is 4.12. The van der Waals surface area contributed by atoms with E-state index in [0.717, 1.165) is 59.0 Å². The predicted molar refractivity (Wildman–Crippen MR) is 135 cm³/mol. The van der Waals surface area contributed by atoms with Crippen LogP contribution in [0.2, 0.25) is 0 Å². The van der Waals surface area contributed by atoms with Crippen molar-refractivity contribution >= 4 is 39.2 Å². The Bertz CT molecular complexity index is 1290. The van der Waals surface area contributed by atoms with Gasteiger partial charge in [-0.05, 0) is 43.9 Å². The molecule has 2 aromatic carbocycles. The Morgan fingerprint density at radius 1 is 0.848 bits per heavy atom. The van der Waals surface area contributed by atoms with Gasteiger partial charge in [0.2, 0.25) is 0 Å². The van der Waals surface area contributed by atoms with Crippen molar-refractivity contribution in [2.75, 3.05) is 24.3 Å². The Morgan fingerprint density at radius 3 is 2.33 bits per heavy atom. The van der Waals surface area contributed by atoms with Gasteiger partial charge in [0.15, 0.2) is 0 Å². The molecule has 168 valence electrons. The van der Waals surface area contributed by atoms with Crippen molar-refractivity contribution < 1.29 is 4.79 Å². The molecule has 4 aromatic rings. The molecule has 1 amide bonds. The van der Waals surface area contributed by atoms with E-state index < -0.39 is 0 Å². The van der Waals surface area contributed by atoms with Gasteiger partial charge in [-0.2, -0.15) is 0 Å². The molecular weight excluding hydrogens is 410 g/mol. The van der Waals surface area contributed by atoms with Crippen LogP contribution in [0.4, 0.5) is 11.5 Å². The summed E-state index contributed by atoms with van der Waals surface area (Å²) in [6, 6.07) is 22.5. The molecule has 1 fully saturated rings. The van der Waals surface area contributed by atoms with Gasteiger partial charge in [0.1, 0.15) is 11.5 Å². The highest BCUT2D eigenvalue weighted by Gasteiger charge is 2.24. The smallest absolute Gasteiger partial charge is 0.270 e. The number of para-hydroxylation sites is 2. The van der Waals surface area contributed by atoms with Gasteiger partial charge in [-0.1, -0.05) is 42.5 Å². The van der Waals surface area contributed by atoms with E-state index >= 15 is 0 Å². The number of hydrogen-bond donors (Lipinski definition) is 2. The minimum atomic E-state index is -0.0935. The normalized spacial score (nSPS) is 18.2. The fraction of sp³-hybridized carbons (Fsp3) is 0.296. The van der Waals surface area contributed by atoms with E-state index in [4.69, 9.17) is 4.98 Å². The van der Waals surface area contributed by atoms with Crippen LogP contribution < -0.4 is 15.5 Å². The molecule has 6 nitrogen and oxygen atoms in total. The summed E-state index contributed by atoms with van der Waals surface area (Å²) in [5, 5.41) is 9.01. The molecule has 0 aliphatic heterocycles. The number of aromatic nitrogens is 2. The second kappa shape index (κ2) is 9.06. The number of carbonyl (C=O) groups excluding carboxylic acids is 1. The van der Waals surface area contributed by atoms with Crippen LogP contribution in [0, 0.1) is 0 Å². The van der Waals surface area contributed by atoms with Crippen molar-refractivity contribution in [3.05, 3.63) is 72.4 Å². The lowest BCUT2D eigenvalue weighted by Gasteiger charge is -2.30. The number of rotatable bonds is 5. The highest BCUT2D eigenvalue weighted by molar-refractivity contribution is 5.95. The summed E-state index contributed by atoms with van der Waals surface area (Å²) in [6.45, 7) is 0. The highest BCUT2D eigenvalue weighted by atomic mass is 16.1. The van der Waals surface area contributed by atoms with Crippen molar-refractivity contribution in [1.29, 1.82) is 0 Å². The maximum atomic E-state index is 12.8. The number of pyridine rings is 2. The van der Waals surface area contributed by atoms with E-state index in [9.17, 15) is 4.79 Å². The molecule has 1 aliphatic carbocycles. The van der Waals surface area contributed by atoms with Crippen LogP contribution in [-0.4, -0.2) is 42.1 Å². The van der Waals surface area contributed by atoms with E-state index in [-0.39, 0.29) is 11.9 Å². The molecule has 0 saturated heterocycles. The second-order valence-corrected chi connectivity index (χ2v) is 8.99. The van der Waals surface area contributed by atoms with E-state index in [1.54, 1.807) is 6.07 Å². The second-order valence-electron chi connectivity index (χ2n) is 8.99. The average molecular weight is 440 g/mol. The highest BCUT2D eigenvalue weighted by Crippen LogP contribution is 2.29. The van der Waals surface area contributed by atoms with Crippen LogP contribution in [0.3, 0.4) is 0 Å². The quantitative estimate of drug-likeness (QED) is 0.458. The SMILES string of the molecule is CN(C)c1cc(NC2CCC(NC(=O)c3ccc4ccccc4n3)CC2)nc2ccccc12. The molecule has 0 bridgehead atoms. The zero-order valence-electron chi connectivity index (χ0n) is 19.1. The molecule has 0 atom stereocenters. The lowest BCUT2D eigenvalue weighted by molar-refractivity contribution is 0.0922. The number of fused-ring (bicyclic) bond motifs is 2. The largest absolute Gasteiger partial charge is 0.377 e. The molecule has 2 N–H and O–H groups in total. The average Bonchev–Trinajstić information content (AvgIpc) is 2.84. The summed E-state index contributed by atoms with van der Waals surface area (Å²) in [5.74, 6) is 0.814. The van der Waals surface area contributed by atoms with Gasteiger partial charge in [0, 0.05) is 48.7 Å². The zero-order valence-corrected chi connectivity index (χ0v) is 19.1. The lowest BCUT2D eigenvalue weighted by Crippen LogP contribution is -2.40. The third-order valence-corrected chi connectivity index (χ3v) is 6.42. The fourth-order valence-corrected chi connectivity index (χ4v) is 4.64. The Balaban J connectivity index is 1.21. The Hall–Kier alpha value is -3.67. The van der Waals surface area contributed by atoms with Gasteiger partial charge in [0.25, 0.3) is 5.91 Å². The van der Waals surface area contributed by atoms with Gasteiger partial charge >= 0.3 is 0 Å². The van der Waals surface area contributed by atoms with Crippen LogP contribution in [0.15, 0.2) is 66.7 Å². The molecule has 6 heteroatoms. The minimum Gasteiger partial charge on any atom is -0.377 e. The van der Waals surface area contributed by atoms with E-state index in [0.29, 0.717) is 11.7 Å². The van der Waals surface area contributed by atoms with Gasteiger partial charge < -0.3 is 15.5 Å². The number of amides is 1. The number of carbonyl (C=O) groups is 1. The standard InChI is InChI=1S/C27H29N5O/c1-32(2)25-17-26(31-23-10-6-4-8-21(23)25)28-19-12-14-20(15-13-19)29-27(33)24-16-11-18-7-3-5-9-22(18)30-24/h3-11,16-17,19-20H,12-15H2,1-2H3,(H,28,31)(H,29,33). The van der Waals surface area contributed by atoms with Crippen LogP contribution in [-0.2, 0) is 0 Å². The molecule has 0 radical (unpaired) electrons. The monoisotopic (exact) mass is 439 g/mol. The van der Waals surface area contributed by atoms with Crippen molar-refractivity contribution in [2.45, 2.75) is 37.8 Å². The summed E-state index contributed by atoms with van der Waals surface area (Å²) < 4.78 is 0. The lowest BCUT2D eigenvalue weighted by atomic mass is 9.91. The molecule has 1 saturated carbocycles. The molecule has 2 heterocycles. The van der Waals surface area contributed by atoms with E-state index in [2.05, 4.69) is 52.8 Å². The predicted octanol–water partition coefficient (Wildman–Crippen LogP) is 5.00. The fourth-order valence-electron chi connectivity index (χ4n) is 4.64. The van der Waals surface area contributed by atoms with Crippen LogP contribution in [0.1, 0.15) is 36.2 Å². The van der Waals surface area contributed by atoms with Crippen molar-refractivity contribution in [3.63, 3.8) is 0 Å². The van der Waals surface area contributed by atoms with Crippen molar-refractivity contribution in [1.82, 2.24) is 15.3 Å². The third-order valence-electron chi connectivity index (χ3n) is 6.42. The molecule has 1 aliphatic rings. The first kappa shape index (κ1) is 21.2. The number of benzene rings is 2. The van der Waals surface area contributed by atoms with Crippen molar-refractivity contribution in [3.8, 4) is 0 Å².